The molecule has 0 N–H and O–H groups in total. The van der Waals surface area contributed by atoms with Gasteiger partial charge in [0.25, 0.3) is 5.69 Å². The van der Waals surface area contributed by atoms with Crippen molar-refractivity contribution >= 4 is 21.2 Å². The van der Waals surface area contributed by atoms with E-state index in [9.17, 15) is 18.5 Å². The number of hydrogen-bond acceptors (Lipinski definition) is 6. The number of nitro groups is 1. The van der Waals surface area contributed by atoms with Crippen LogP contribution in [0.5, 0.6) is 0 Å². The first kappa shape index (κ1) is 10.7. The van der Waals surface area contributed by atoms with Crippen molar-refractivity contribution in [2.45, 2.75) is 5.37 Å². The summed E-state index contributed by atoms with van der Waals surface area (Å²) in [6, 6.07) is 3.85. The predicted molar refractivity (Wildman–Crippen MR) is 55.2 cm³/mol. The summed E-state index contributed by atoms with van der Waals surface area (Å²) < 4.78 is 22.7. The van der Waals surface area contributed by atoms with Crippen LogP contribution in [0, 0.1) is 10.1 Å². The number of hydrogen-bond donors (Lipinski definition) is 0. The third-order valence-corrected chi connectivity index (χ3v) is 3.32. The molecular weight excluding hydrogens is 234 g/mol. The molecule has 1 aromatic carbocycles. The van der Waals surface area contributed by atoms with Gasteiger partial charge in [-0.3, -0.25) is 10.1 Å². The number of rotatable bonds is 2. The highest BCUT2D eigenvalue weighted by Crippen LogP contribution is 2.40. The van der Waals surface area contributed by atoms with Crippen molar-refractivity contribution in [3.8, 4) is 0 Å². The Morgan fingerprint density at radius 1 is 1.44 bits per heavy atom. The Labute approximate surface area is 90.9 Å². The zero-order chi connectivity index (χ0) is 11.9. The molecule has 0 bridgehead atoms. The van der Waals surface area contributed by atoms with E-state index >= 15 is 0 Å². The summed E-state index contributed by atoms with van der Waals surface area (Å²) in [6.45, 7) is 0. The van der Waals surface area contributed by atoms with Gasteiger partial charge in [-0.15, -0.1) is 0 Å². The van der Waals surface area contributed by atoms with Gasteiger partial charge in [-0.2, -0.15) is 10.2 Å². The topological polar surface area (TPSA) is 102 Å². The molecule has 1 aliphatic rings. The lowest BCUT2D eigenvalue weighted by molar-refractivity contribution is -0.384. The van der Waals surface area contributed by atoms with Gasteiger partial charge in [0.15, 0.2) is 15.2 Å². The van der Waals surface area contributed by atoms with Gasteiger partial charge >= 0.3 is 0 Å². The maximum atomic E-state index is 11.4. The molecule has 1 aromatic rings. The van der Waals surface area contributed by atoms with Gasteiger partial charge in [0, 0.05) is 24.0 Å². The highest BCUT2D eigenvalue weighted by atomic mass is 32.2. The summed E-state index contributed by atoms with van der Waals surface area (Å²) >= 11 is 0. The normalized spacial score (nSPS) is 18.4. The average molecular weight is 241 g/mol. The smallest absolute Gasteiger partial charge is 0.258 e. The Morgan fingerprint density at radius 2 is 2.12 bits per heavy atom. The molecule has 0 spiro atoms. The molecular formula is C8H7N3O4S. The molecule has 1 atom stereocenters. The van der Waals surface area contributed by atoms with Crippen molar-refractivity contribution in [2.24, 2.45) is 10.2 Å². The molecule has 0 saturated carbocycles. The Balaban J connectivity index is 2.57. The van der Waals surface area contributed by atoms with E-state index in [0.29, 0.717) is 5.69 Å². The van der Waals surface area contributed by atoms with Crippen LogP contribution in [0.25, 0.3) is 0 Å². The zero-order valence-corrected chi connectivity index (χ0v) is 9.01. The minimum atomic E-state index is -3.44. The monoisotopic (exact) mass is 241 g/mol. The fourth-order valence-corrected chi connectivity index (χ4v) is 2.31. The molecule has 8 heteroatoms. The van der Waals surface area contributed by atoms with Crippen molar-refractivity contribution < 1.29 is 13.3 Å². The highest BCUT2D eigenvalue weighted by molar-refractivity contribution is 7.90. The molecule has 2 rings (SSSR count). The largest absolute Gasteiger partial charge is 0.269 e. The second kappa shape index (κ2) is 3.34. The van der Waals surface area contributed by atoms with Crippen LogP contribution in [-0.4, -0.2) is 19.6 Å². The van der Waals surface area contributed by atoms with E-state index in [0.717, 1.165) is 6.26 Å². The molecule has 0 radical (unpaired) electrons. The lowest BCUT2D eigenvalue weighted by Crippen LogP contribution is -2.06. The van der Waals surface area contributed by atoms with E-state index < -0.39 is 20.1 Å². The summed E-state index contributed by atoms with van der Waals surface area (Å²) in [5.74, 6) is 0. The van der Waals surface area contributed by atoms with E-state index in [1.165, 1.54) is 18.2 Å². The fraction of sp³-hybridized carbons (Fsp3) is 0.250. The lowest BCUT2D eigenvalue weighted by atomic mass is 10.2. The number of sulfone groups is 1. The first-order chi connectivity index (χ1) is 7.39. The Bertz CT molecular complexity index is 593. The molecule has 0 aromatic heterocycles. The summed E-state index contributed by atoms with van der Waals surface area (Å²) in [4.78, 5) is 9.97. The van der Waals surface area contributed by atoms with E-state index in [-0.39, 0.29) is 11.3 Å². The zero-order valence-electron chi connectivity index (χ0n) is 8.19. The average Bonchev–Trinajstić information content (AvgIpc) is 2.58. The van der Waals surface area contributed by atoms with E-state index in [4.69, 9.17) is 0 Å². The van der Waals surface area contributed by atoms with Crippen LogP contribution in [0.15, 0.2) is 28.4 Å². The van der Waals surface area contributed by atoms with Gasteiger partial charge in [0.2, 0.25) is 0 Å². The van der Waals surface area contributed by atoms with Crippen molar-refractivity contribution in [1.82, 2.24) is 0 Å². The van der Waals surface area contributed by atoms with Crippen molar-refractivity contribution in [3.63, 3.8) is 0 Å². The highest BCUT2D eigenvalue weighted by Gasteiger charge is 2.31. The summed E-state index contributed by atoms with van der Waals surface area (Å²) in [7, 11) is -3.44. The van der Waals surface area contributed by atoms with Crippen LogP contribution in [0.1, 0.15) is 10.9 Å². The number of nitrogens with zero attached hydrogens (tertiary/aromatic N) is 3. The molecule has 1 aliphatic heterocycles. The Kier molecular flexibility index (Phi) is 2.23. The van der Waals surface area contributed by atoms with E-state index in [1.807, 2.05) is 0 Å². The summed E-state index contributed by atoms with van der Waals surface area (Å²) in [5.41, 5.74) is 0.456. The first-order valence-corrected chi connectivity index (χ1v) is 6.23. The fourth-order valence-electron chi connectivity index (χ4n) is 1.44. The molecule has 16 heavy (non-hydrogen) atoms. The van der Waals surface area contributed by atoms with Gasteiger partial charge in [-0.1, -0.05) is 0 Å². The molecule has 0 amide bonds. The molecule has 1 heterocycles. The number of azo groups is 1. The minimum Gasteiger partial charge on any atom is -0.258 e. The van der Waals surface area contributed by atoms with Crippen LogP contribution in [0.4, 0.5) is 11.4 Å². The number of fused-ring (bicyclic) bond motifs is 1. The van der Waals surface area contributed by atoms with Gasteiger partial charge in [0.1, 0.15) is 0 Å². The van der Waals surface area contributed by atoms with E-state index in [1.54, 1.807) is 0 Å². The molecule has 0 saturated heterocycles. The number of nitro benzene ring substituents is 1. The van der Waals surface area contributed by atoms with Gasteiger partial charge < -0.3 is 0 Å². The number of benzene rings is 1. The Hall–Kier alpha value is -1.83. The lowest BCUT2D eigenvalue weighted by Gasteiger charge is -2.04. The molecule has 7 nitrogen and oxygen atoms in total. The van der Waals surface area contributed by atoms with Crippen LogP contribution in [0.3, 0.4) is 0 Å². The summed E-state index contributed by atoms with van der Waals surface area (Å²) in [6.07, 6.45) is 1.02. The minimum absolute atomic E-state index is 0.167. The van der Waals surface area contributed by atoms with Gasteiger partial charge in [-0.25, -0.2) is 8.42 Å². The quantitative estimate of drug-likeness (QED) is 0.581. The number of non-ortho nitro benzene ring substituents is 1. The second-order valence-electron chi connectivity index (χ2n) is 3.40. The predicted octanol–water partition coefficient (Wildman–Crippen LogP) is 1.74. The van der Waals surface area contributed by atoms with Crippen LogP contribution < -0.4 is 0 Å². The molecule has 84 valence electrons. The first-order valence-electron chi connectivity index (χ1n) is 4.27. The van der Waals surface area contributed by atoms with Crippen molar-refractivity contribution in [1.29, 1.82) is 0 Å². The maximum Gasteiger partial charge on any atom is 0.269 e. The van der Waals surface area contributed by atoms with E-state index in [2.05, 4.69) is 10.2 Å². The molecule has 0 aliphatic carbocycles. The standard InChI is InChI=1S/C8H7N3O4S/c1-16(14,15)8-6-4-5(11(12)13)2-3-7(6)9-10-8/h2-4,8H,1H3. The van der Waals surface area contributed by atoms with Crippen LogP contribution >= 0.6 is 0 Å². The SMILES string of the molecule is CS(=O)(=O)C1N=Nc2ccc([N+](=O)[O-])cc21. The molecule has 0 fully saturated rings. The van der Waals surface area contributed by atoms with Gasteiger partial charge in [-0.05, 0) is 6.07 Å². The van der Waals surface area contributed by atoms with Crippen LogP contribution in [0.2, 0.25) is 0 Å². The van der Waals surface area contributed by atoms with Gasteiger partial charge in [0.05, 0.1) is 10.6 Å². The molecule has 1 unspecified atom stereocenters. The third kappa shape index (κ3) is 1.67. The summed E-state index contributed by atoms with van der Waals surface area (Å²) in [5, 5.41) is 16.7. The third-order valence-electron chi connectivity index (χ3n) is 2.16. The van der Waals surface area contributed by atoms with Crippen molar-refractivity contribution in [3.05, 3.63) is 33.9 Å². The van der Waals surface area contributed by atoms with Crippen molar-refractivity contribution in [2.75, 3.05) is 6.26 Å². The Morgan fingerprint density at radius 3 is 2.69 bits per heavy atom. The van der Waals surface area contributed by atoms with Crippen LogP contribution in [-0.2, 0) is 9.84 Å². The second-order valence-corrected chi connectivity index (χ2v) is 5.50. The maximum absolute atomic E-state index is 11.4.